The maximum absolute atomic E-state index is 2.42. The molecule has 0 N–H and O–H groups in total. The summed E-state index contributed by atoms with van der Waals surface area (Å²) in [4.78, 5) is 2.42. The van der Waals surface area contributed by atoms with E-state index in [1.807, 2.05) is 0 Å². The Hall–Kier alpha value is -8.20. The first kappa shape index (κ1) is 35.7. The first-order valence-corrected chi connectivity index (χ1v) is 21.3. The van der Waals surface area contributed by atoms with Gasteiger partial charge in [-0.3, -0.25) is 0 Å². The third kappa shape index (κ3) is 6.04. The SMILES string of the molecule is c1ccc(-c2ccc(-c3ccc(N(c4ccc(-c5cccc6c5c5ccccc5n6-c5ccc6ccccc6c5)cc4)c4cc5ccccc5c5ccccc45)cc3)cc2)cc1. The molecule has 0 saturated heterocycles. The largest absolute Gasteiger partial charge is 0.310 e. The summed E-state index contributed by atoms with van der Waals surface area (Å²) in [5, 5.41) is 9.91. The van der Waals surface area contributed by atoms with Crippen LogP contribution in [-0.4, -0.2) is 4.57 Å². The van der Waals surface area contributed by atoms with Gasteiger partial charge in [-0.15, -0.1) is 0 Å². The molecule has 0 unspecified atom stereocenters. The minimum Gasteiger partial charge on any atom is -0.310 e. The van der Waals surface area contributed by atoms with Crippen LogP contribution in [0.3, 0.4) is 0 Å². The first-order valence-electron chi connectivity index (χ1n) is 21.3. The molecule has 0 amide bonds. The molecule has 0 aliphatic carbocycles. The average Bonchev–Trinajstić information content (AvgIpc) is 3.69. The lowest BCUT2D eigenvalue weighted by molar-refractivity contribution is 1.19. The highest BCUT2D eigenvalue weighted by molar-refractivity contribution is 6.17. The summed E-state index contributed by atoms with van der Waals surface area (Å²) in [6.07, 6.45) is 0. The number of aromatic nitrogens is 1. The lowest BCUT2D eigenvalue weighted by Gasteiger charge is -2.28. The second-order valence-electron chi connectivity index (χ2n) is 16.1. The van der Waals surface area contributed by atoms with Gasteiger partial charge in [0, 0.05) is 33.2 Å². The molecule has 0 radical (unpaired) electrons. The van der Waals surface area contributed by atoms with Crippen LogP contribution >= 0.6 is 0 Å². The summed E-state index contributed by atoms with van der Waals surface area (Å²) < 4.78 is 2.42. The van der Waals surface area contributed by atoms with Crippen LogP contribution in [0.1, 0.15) is 0 Å². The van der Waals surface area contributed by atoms with Gasteiger partial charge in [0.25, 0.3) is 0 Å². The van der Waals surface area contributed by atoms with Gasteiger partial charge in [-0.1, -0.05) is 188 Å². The van der Waals surface area contributed by atoms with Gasteiger partial charge in [-0.05, 0) is 115 Å². The van der Waals surface area contributed by atoms with Crippen LogP contribution in [0.15, 0.2) is 243 Å². The molecule has 11 aromatic carbocycles. The van der Waals surface area contributed by atoms with Gasteiger partial charge < -0.3 is 9.47 Å². The van der Waals surface area contributed by atoms with E-state index >= 15 is 0 Å². The monoisotopic (exact) mass is 788 g/mol. The van der Waals surface area contributed by atoms with Crippen molar-refractivity contribution in [1.82, 2.24) is 4.57 Å². The molecule has 2 nitrogen and oxygen atoms in total. The smallest absolute Gasteiger partial charge is 0.0547 e. The third-order valence-corrected chi connectivity index (χ3v) is 12.6. The van der Waals surface area contributed by atoms with Crippen LogP contribution < -0.4 is 4.90 Å². The van der Waals surface area contributed by atoms with E-state index in [4.69, 9.17) is 0 Å². The van der Waals surface area contributed by atoms with Gasteiger partial charge in [-0.25, -0.2) is 0 Å². The number of fused-ring (bicyclic) bond motifs is 7. The Kier molecular flexibility index (Phi) is 8.53. The van der Waals surface area contributed by atoms with Crippen molar-refractivity contribution in [3.8, 4) is 39.1 Å². The zero-order valence-electron chi connectivity index (χ0n) is 34.0. The Labute approximate surface area is 360 Å². The van der Waals surface area contributed by atoms with Crippen molar-refractivity contribution in [3.05, 3.63) is 243 Å². The molecular weight excluding hydrogens is 749 g/mol. The van der Waals surface area contributed by atoms with Crippen molar-refractivity contribution in [3.63, 3.8) is 0 Å². The lowest BCUT2D eigenvalue weighted by Crippen LogP contribution is -2.10. The maximum Gasteiger partial charge on any atom is 0.0547 e. The summed E-state index contributed by atoms with van der Waals surface area (Å²) in [5.74, 6) is 0. The molecular formula is C60H40N2. The third-order valence-electron chi connectivity index (χ3n) is 12.6. The molecule has 62 heavy (non-hydrogen) atoms. The number of rotatable bonds is 7. The molecule has 12 rings (SSSR count). The summed E-state index contributed by atoms with van der Waals surface area (Å²) >= 11 is 0. The fraction of sp³-hybridized carbons (Fsp3) is 0. The highest BCUT2D eigenvalue weighted by Gasteiger charge is 2.20. The number of anilines is 3. The van der Waals surface area contributed by atoms with Crippen LogP contribution in [0.5, 0.6) is 0 Å². The van der Waals surface area contributed by atoms with Gasteiger partial charge in [0.1, 0.15) is 0 Å². The molecule has 0 spiro atoms. The molecule has 0 aliphatic rings. The molecule has 0 aliphatic heterocycles. The Morgan fingerprint density at radius 1 is 0.290 bits per heavy atom. The second kappa shape index (κ2) is 14.8. The maximum atomic E-state index is 2.42. The Bertz CT molecular complexity index is 3600. The topological polar surface area (TPSA) is 8.17 Å². The highest BCUT2D eigenvalue weighted by atomic mass is 15.1. The zero-order chi connectivity index (χ0) is 41.0. The fourth-order valence-electron chi connectivity index (χ4n) is 9.58. The van der Waals surface area contributed by atoms with Crippen LogP contribution in [0.25, 0.3) is 93.2 Å². The summed E-state index contributed by atoms with van der Waals surface area (Å²) in [6, 6.07) is 88.5. The molecule has 0 saturated carbocycles. The van der Waals surface area contributed by atoms with Gasteiger partial charge in [-0.2, -0.15) is 0 Å². The van der Waals surface area contributed by atoms with Crippen molar-refractivity contribution in [2.24, 2.45) is 0 Å². The van der Waals surface area contributed by atoms with E-state index in [0.29, 0.717) is 0 Å². The minimum atomic E-state index is 1.10. The second-order valence-corrected chi connectivity index (χ2v) is 16.1. The van der Waals surface area contributed by atoms with Crippen molar-refractivity contribution in [2.75, 3.05) is 4.90 Å². The summed E-state index contributed by atoms with van der Waals surface area (Å²) in [7, 11) is 0. The molecule has 12 aromatic rings. The molecule has 1 aromatic heterocycles. The number of hydrogen-bond donors (Lipinski definition) is 0. The van der Waals surface area contributed by atoms with E-state index in [-0.39, 0.29) is 0 Å². The number of benzene rings is 11. The van der Waals surface area contributed by atoms with Crippen molar-refractivity contribution in [2.45, 2.75) is 0 Å². The number of para-hydroxylation sites is 1. The highest BCUT2D eigenvalue weighted by Crippen LogP contribution is 2.44. The Morgan fingerprint density at radius 3 is 1.52 bits per heavy atom. The molecule has 1 heterocycles. The van der Waals surface area contributed by atoms with Gasteiger partial charge >= 0.3 is 0 Å². The van der Waals surface area contributed by atoms with Crippen LogP contribution in [0.4, 0.5) is 17.1 Å². The van der Waals surface area contributed by atoms with Crippen LogP contribution in [0, 0.1) is 0 Å². The van der Waals surface area contributed by atoms with Crippen molar-refractivity contribution >= 4 is 71.2 Å². The lowest BCUT2D eigenvalue weighted by atomic mass is 9.97. The predicted octanol–water partition coefficient (Wildman–Crippen LogP) is 16.7. The van der Waals surface area contributed by atoms with Crippen LogP contribution in [-0.2, 0) is 0 Å². The Morgan fingerprint density at radius 2 is 0.806 bits per heavy atom. The normalized spacial score (nSPS) is 11.5. The predicted molar refractivity (Wildman–Crippen MR) is 264 cm³/mol. The first-order chi connectivity index (χ1) is 30.7. The standard InChI is InChI=1S/C60H40N2/c1-2-13-41(14-3-1)43-25-27-44(28-26-43)45-29-34-49(35-30-45)61(59-40-48-17-6-7-18-52(48)54-19-8-9-20-55(54)59)50-36-32-46(33-37-50)53-22-12-24-58-60(53)56-21-10-11-23-57(56)62(58)51-38-31-42-15-4-5-16-47(42)39-51/h1-40H. The van der Waals surface area contributed by atoms with Gasteiger partial charge in [0.2, 0.25) is 0 Å². The molecule has 2 heteroatoms. The molecule has 0 fully saturated rings. The van der Waals surface area contributed by atoms with E-state index in [1.54, 1.807) is 0 Å². The number of hydrogen-bond acceptors (Lipinski definition) is 1. The van der Waals surface area contributed by atoms with Gasteiger partial charge in [0.05, 0.1) is 16.7 Å². The summed E-state index contributed by atoms with van der Waals surface area (Å²) in [5.41, 5.74) is 14.1. The van der Waals surface area contributed by atoms with E-state index in [9.17, 15) is 0 Å². The fourth-order valence-corrected chi connectivity index (χ4v) is 9.58. The number of nitrogens with zero attached hydrogens (tertiary/aromatic N) is 2. The van der Waals surface area contributed by atoms with E-state index in [0.717, 1.165) is 22.7 Å². The molecule has 290 valence electrons. The van der Waals surface area contributed by atoms with Gasteiger partial charge in [0.15, 0.2) is 0 Å². The van der Waals surface area contributed by atoms with Crippen molar-refractivity contribution < 1.29 is 0 Å². The van der Waals surface area contributed by atoms with Crippen LogP contribution in [0.2, 0.25) is 0 Å². The van der Waals surface area contributed by atoms with E-state index in [2.05, 4.69) is 252 Å². The summed E-state index contributed by atoms with van der Waals surface area (Å²) in [6.45, 7) is 0. The Balaban J connectivity index is 0.983. The van der Waals surface area contributed by atoms with E-state index in [1.165, 1.54) is 87.5 Å². The van der Waals surface area contributed by atoms with Crippen molar-refractivity contribution in [1.29, 1.82) is 0 Å². The van der Waals surface area contributed by atoms with E-state index < -0.39 is 0 Å². The zero-order valence-corrected chi connectivity index (χ0v) is 34.0. The molecule has 0 atom stereocenters. The minimum absolute atomic E-state index is 1.10. The quantitative estimate of drug-likeness (QED) is 0.146. The molecule has 0 bridgehead atoms. The average molecular weight is 789 g/mol.